The number of carbonyl (C=O) groups is 1. The molecule has 0 bridgehead atoms. The summed E-state index contributed by atoms with van der Waals surface area (Å²) in [7, 11) is 3.01. The summed E-state index contributed by atoms with van der Waals surface area (Å²) in [5.41, 5.74) is 3.32. The largest absolute Gasteiger partial charge is 0.495 e. The van der Waals surface area contributed by atoms with Gasteiger partial charge in [-0.1, -0.05) is 54.1 Å². The molecule has 0 saturated heterocycles. The Labute approximate surface area is 162 Å². The number of rotatable bonds is 5. The number of urea groups is 1. The molecule has 2 amide bonds. The van der Waals surface area contributed by atoms with Gasteiger partial charge >= 0.3 is 6.03 Å². The van der Waals surface area contributed by atoms with Crippen molar-refractivity contribution < 1.29 is 14.3 Å². The standard InChI is InChI=1S/C21H19ClN2O3/c1-26-19-13-18(20(27-2)12-17(19)22)24-21(25)23-16-10-8-15(9-11-16)14-6-4-3-5-7-14/h3-13H,1-2H3,(H2,23,24,25). The molecular formula is C21H19ClN2O3. The zero-order valence-corrected chi connectivity index (χ0v) is 15.7. The van der Waals surface area contributed by atoms with Gasteiger partial charge < -0.3 is 20.1 Å². The Hall–Kier alpha value is -3.18. The van der Waals surface area contributed by atoms with Crippen molar-refractivity contribution >= 4 is 29.0 Å². The maximum absolute atomic E-state index is 12.3. The summed E-state index contributed by atoms with van der Waals surface area (Å²) in [6.45, 7) is 0. The zero-order valence-electron chi connectivity index (χ0n) is 15.0. The fourth-order valence-corrected chi connectivity index (χ4v) is 2.85. The van der Waals surface area contributed by atoms with Crippen LogP contribution in [0.1, 0.15) is 0 Å². The first-order valence-corrected chi connectivity index (χ1v) is 8.63. The van der Waals surface area contributed by atoms with Gasteiger partial charge in [-0.05, 0) is 23.3 Å². The molecule has 0 aromatic heterocycles. The summed E-state index contributed by atoms with van der Waals surface area (Å²) in [4.78, 5) is 12.3. The minimum Gasteiger partial charge on any atom is -0.495 e. The zero-order chi connectivity index (χ0) is 19.2. The summed E-state index contributed by atoms with van der Waals surface area (Å²) in [5, 5.41) is 5.94. The Kier molecular flexibility index (Phi) is 5.84. The van der Waals surface area contributed by atoms with E-state index in [0.29, 0.717) is 27.9 Å². The fraction of sp³-hybridized carbons (Fsp3) is 0.0952. The first kappa shape index (κ1) is 18.6. The van der Waals surface area contributed by atoms with Crippen LogP contribution in [0.4, 0.5) is 16.2 Å². The van der Waals surface area contributed by atoms with E-state index in [4.69, 9.17) is 21.1 Å². The molecule has 0 radical (unpaired) electrons. The number of carbonyl (C=O) groups excluding carboxylic acids is 1. The lowest BCUT2D eigenvalue weighted by atomic mass is 10.1. The topological polar surface area (TPSA) is 59.6 Å². The van der Waals surface area contributed by atoms with Crippen molar-refractivity contribution in [2.24, 2.45) is 0 Å². The maximum Gasteiger partial charge on any atom is 0.323 e. The second-order valence-corrected chi connectivity index (χ2v) is 6.12. The predicted molar refractivity (Wildman–Crippen MR) is 109 cm³/mol. The Morgan fingerprint density at radius 2 is 1.44 bits per heavy atom. The van der Waals surface area contributed by atoms with E-state index in [1.165, 1.54) is 14.2 Å². The van der Waals surface area contributed by atoms with Crippen molar-refractivity contribution in [1.82, 2.24) is 0 Å². The second-order valence-electron chi connectivity index (χ2n) is 5.71. The van der Waals surface area contributed by atoms with Crippen LogP contribution >= 0.6 is 11.6 Å². The van der Waals surface area contributed by atoms with Gasteiger partial charge in [0.1, 0.15) is 11.5 Å². The third-order valence-electron chi connectivity index (χ3n) is 3.97. The van der Waals surface area contributed by atoms with Crippen LogP contribution in [0.2, 0.25) is 5.02 Å². The highest BCUT2D eigenvalue weighted by atomic mass is 35.5. The summed E-state index contributed by atoms with van der Waals surface area (Å²) in [5.74, 6) is 0.885. The highest BCUT2D eigenvalue weighted by Gasteiger charge is 2.12. The molecule has 6 heteroatoms. The lowest BCUT2D eigenvalue weighted by Crippen LogP contribution is -2.19. The third-order valence-corrected chi connectivity index (χ3v) is 4.27. The summed E-state index contributed by atoms with van der Waals surface area (Å²) >= 11 is 6.08. The van der Waals surface area contributed by atoms with Crippen molar-refractivity contribution in [2.45, 2.75) is 0 Å². The van der Waals surface area contributed by atoms with Gasteiger partial charge in [0.15, 0.2) is 0 Å². The number of benzene rings is 3. The van der Waals surface area contributed by atoms with E-state index < -0.39 is 6.03 Å². The van der Waals surface area contributed by atoms with Crippen LogP contribution in [0.25, 0.3) is 11.1 Å². The number of nitrogens with one attached hydrogen (secondary N) is 2. The Balaban J connectivity index is 1.71. The van der Waals surface area contributed by atoms with Crippen LogP contribution in [0.15, 0.2) is 66.7 Å². The average molecular weight is 383 g/mol. The predicted octanol–water partition coefficient (Wildman–Crippen LogP) is 5.67. The molecule has 0 aliphatic rings. The van der Waals surface area contributed by atoms with Crippen LogP contribution in [0.5, 0.6) is 11.5 Å². The molecular weight excluding hydrogens is 364 g/mol. The highest BCUT2D eigenvalue weighted by Crippen LogP contribution is 2.35. The molecule has 2 N–H and O–H groups in total. The number of methoxy groups -OCH3 is 2. The molecule has 0 heterocycles. The molecule has 5 nitrogen and oxygen atoms in total. The van der Waals surface area contributed by atoms with Gasteiger partial charge in [0.2, 0.25) is 0 Å². The molecule has 0 saturated carbocycles. The summed E-state index contributed by atoms with van der Waals surface area (Å²) < 4.78 is 10.4. The van der Waals surface area contributed by atoms with E-state index in [-0.39, 0.29) is 0 Å². The van der Waals surface area contributed by atoms with Crippen molar-refractivity contribution in [3.8, 4) is 22.6 Å². The number of hydrogen-bond acceptors (Lipinski definition) is 3. The Morgan fingerprint density at radius 3 is 2.07 bits per heavy atom. The van der Waals surface area contributed by atoms with Gasteiger partial charge in [-0.3, -0.25) is 0 Å². The first-order chi connectivity index (χ1) is 13.1. The van der Waals surface area contributed by atoms with Gasteiger partial charge in [-0.2, -0.15) is 0 Å². The molecule has 27 heavy (non-hydrogen) atoms. The van der Waals surface area contributed by atoms with E-state index in [2.05, 4.69) is 10.6 Å². The summed E-state index contributed by atoms with van der Waals surface area (Å²) in [6, 6.07) is 20.4. The number of ether oxygens (including phenoxy) is 2. The molecule has 0 fully saturated rings. The molecule has 3 aromatic rings. The van der Waals surface area contributed by atoms with Crippen LogP contribution in [0, 0.1) is 0 Å². The van der Waals surface area contributed by atoms with Crippen molar-refractivity contribution in [1.29, 1.82) is 0 Å². The lowest BCUT2D eigenvalue weighted by molar-refractivity contribution is 0.262. The first-order valence-electron chi connectivity index (χ1n) is 8.25. The molecule has 3 aromatic carbocycles. The minimum absolute atomic E-state index is 0.398. The fourth-order valence-electron chi connectivity index (χ4n) is 2.62. The maximum atomic E-state index is 12.3. The quantitative estimate of drug-likeness (QED) is 0.597. The van der Waals surface area contributed by atoms with E-state index in [0.717, 1.165) is 11.1 Å². The molecule has 0 aliphatic carbocycles. The Morgan fingerprint density at radius 1 is 0.815 bits per heavy atom. The lowest BCUT2D eigenvalue weighted by Gasteiger charge is -2.14. The monoisotopic (exact) mass is 382 g/mol. The van der Waals surface area contributed by atoms with Crippen LogP contribution < -0.4 is 20.1 Å². The molecule has 138 valence electrons. The van der Waals surface area contributed by atoms with Crippen molar-refractivity contribution in [3.63, 3.8) is 0 Å². The second kappa shape index (κ2) is 8.47. The van der Waals surface area contributed by atoms with E-state index in [9.17, 15) is 4.79 Å². The molecule has 3 rings (SSSR count). The van der Waals surface area contributed by atoms with Gasteiger partial charge in [0.25, 0.3) is 0 Å². The van der Waals surface area contributed by atoms with Gasteiger partial charge in [0.05, 0.1) is 24.9 Å². The molecule has 0 aliphatic heterocycles. The number of anilines is 2. The molecule has 0 unspecified atom stereocenters. The Bertz CT molecular complexity index is 928. The smallest absolute Gasteiger partial charge is 0.323 e. The average Bonchev–Trinajstić information content (AvgIpc) is 2.70. The van der Waals surface area contributed by atoms with Gasteiger partial charge in [0, 0.05) is 17.8 Å². The van der Waals surface area contributed by atoms with Crippen molar-refractivity contribution in [3.05, 3.63) is 71.8 Å². The normalized spacial score (nSPS) is 10.2. The van der Waals surface area contributed by atoms with Gasteiger partial charge in [-0.15, -0.1) is 0 Å². The van der Waals surface area contributed by atoms with Crippen molar-refractivity contribution in [2.75, 3.05) is 24.9 Å². The number of amides is 2. The van der Waals surface area contributed by atoms with Crippen LogP contribution in [-0.4, -0.2) is 20.3 Å². The van der Waals surface area contributed by atoms with Gasteiger partial charge in [-0.25, -0.2) is 4.79 Å². The number of hydrogen-bond donors (Lipinski definition) is 2. The molecule has 0 atom stereocenters. The van der Waals surface area contributed by atoms with Crippen LogP contribution in [0.3, 0.4) is 0 Å². The summed E-state index contributed by atoms with van der Waals surface area (Å²) in [6.07, 6.45) is 0. The third kappa shape index (κ3) is 4.51. The van der Waals surface area contributed by atoms with E-state index in [1.54, 1.807) is 12.1 Å². The van der Waals surface area contributed by atoms with Crippen LogP contribution in [-0.2, 0) is 0 Å². The SMILES string of the molecule is COc1cc(NC(=O)Nc2ccc(-c3ccccc3)cc2)c(OC)cc1Cl. The van der Waals surface area contributed by atoms with E-state index >= 15 is 0 Å². The minimum atomic E-state index is -0.398. The van der Waals surface area contributed by atoms with E-state index in [1.807, 2.05) is 54.6 Å². The molecule has 0 spiro atoms. The number of halogens is 1. The highest BCUT2D eigenvalue weighted by molar-refractivity contribution is 6.32.